The molecule has 3 aromatic rings. The number of nitrogens with one attached hydrogen (secondary N) is 2. The van der Waals surface area contributed by atoms with Crippen LogP contribution in [0.2, 0.25) is 5.02 Å². The molecule has 0 aliphatic heterocycles. The minimum Gasteiger partial charge on any atom is -0.346 e. The van der Waals surface area contributed by atoms with Crippen molar-refractivity contribution < 1.29 is 22.8 Å². The smallest absolute Gasteiger partial charge is 0.243 e. The number of benzene rings is 2. The van der Waals surface area contributed by atoms with Gasteiger partial charge in [0.2, 0.25) is 11.8 Å². The predicted molar refractivity (Wildman–Crippen MR) is 112 cm³/mol. The fraction of sp³-hybridized carbons (Fsp3) is 0.150. The Labute approximate surface area is 184 Å². The molecule has 6 nitrogen and oxygen atoms in total. The van der Waals surface area contributed by atoms with E-state index in [1.807, 2.05) is 13.0 Å². The van der Waals surface area contributed by atoms with Gasteiger partial charge in [0, 0.05) is 17.4 Å². The number of imidazole rings is 1. The number of halogens is 4. The van der Waals surface area contributed by atoms with Gasteiger partial charge in [0.05, 0.1) is 23.7 Å². The highest BCUT2D eigenvalue weighted by Gasteiger charge is 2.16. The van der Waals surface area contributed by atoms with Crippen LogP contribution >= 0.6 is 23.4 Å². The highest BCUT2D eigenvalue weighted by molar-refractivity contribution is 7.99. The van der Waals surface area contributed by atoms with Crippen molar-refractivity contribution in [3.8, 4) is 5.69 Å². The third-order valence-electron chi connectivity index (χ3n) is 4.19. The van der Waals surface area contributed by atoms with E-state index in [0.29, 0.717) is 16.2 Å². The van der Waals surface area contributed by atoms with E-state index in [4.69, 9.17) is 11.6 Å². The molecule has 2 amide bonds. The van der Waals surface area contributed by atoms with E-state index in [-0.39, 0.29) is 5.75 Å². The monoisotopic (exact) mass is 468 g/mol. The first kappa shape index (κ1) is 22.7. The third kappa shape index (κ3) is 5.39. The second-order valence-electron chi connectivity index (χ2n) is 6.30. The lowest BCUT2D eigenvalue weighted by molar-refractivity contribution is -0.122. The molecule has 1 aromatic heterocycles. The summed E-state index contributed by atoms with van der Waals surface area (Å²) in [5, 5.41) is 5.59. The van der Waals surface area contributed by atoms with Crippen molar-refractivity contribution in [3.63, 3.8) is 0 Å². The lowest BCUT2D eigenvalue weighted by atomic mass is 10.2. The highest BCUT2D eigenvalue weighted by atomic mass is 35.5. The van der Waals surface area contributed by atoms with Gasteiger partial charge in [0.15, 0.2) is 22.6 Å². The predicted octanol–water partition coefficient (Wildman–Crippen LogP) is 4.10. The van der Waals surface area contributed by atoms with E-state index in [0.717, 1.165) is 29.1 Å². The van der Waals surface area contributed by atoms with Crippen LogP contribution in [-0.2, 0) is 9.59 Å². The molecular weight excluding hydrogens is 453 g/mol. The quantitative estimate of drug-likeness (QED) is 0.404. The van der Waals surface area contributed by atoms with Crippen LogP contribution in [0.1, 0.15) is 5.56 Å². The van der Waals surface area contributed by atoms with E-state index < -0.39 is 41.5 Å². The zero-order valence-corrected chi connectivity index (χ0v) is 17.7. The van der Waals surface area contributed by atoms with E-state index in [2.05, 4.69) is 15.6 Å². The maximum absolute atomic E-state index is 13.6. The molecule has 162 valence electrons. The molecule has 0 fully saturated rings. The van der Waals surface area contributed by atoms with Crippen molar-refractivity contribution in [1.29, 1.82) is 0 Å². The van der Waals surface area contributed by atoms with Crippen LogP contribution in [-0.4, -0.2) is 33.7 Å². The Kier molecular flexibility index (Phi) is 7.24. The highest BCUT2D eigenvalue weighted by Crippen LogP contribution is 2.26. The molecule has 2 aromatic carbocycles. The summed E-state index contributed by atoms with van der Waals surface area (Å²) in [6, 6.07) is 7.03. The SMILES string of the molecule is Cc1c(Cl)cccc1-n1ccnc1SCC(=O)NCC(=O)Nc1ccc(F)c(F)c1F. The Morgan fingerprint density at radius 1 is 1.13 bits per heavy atom. The number of thioether (sulfide) groups is 1. The second-order valence-corrected chi connectivity index (χ2v) is 7.65. The number of hydrogen-bond acceptors (Lipinski definition) is 4. The number of aromatic nitrogens is 2. The molecule has 0 radical (unpaired) electrons. The molecule has 0 aliphatic rings. The first-order valence-electron chi connectivity index (χ1n) is 8.89. The van der Waals surface area contributed by atoms with Gasteiger partial charge in [-0.3, -0.25) is 14.2 Å². The Morgan fingerprint density at radius 2 is 1.90 bits per heavy atom. The third-order valence-corrected chi connectivity index (χ3v) is 5.57. The first-order valence-corrected chi connectivity index (χ1v) is 10.3. The molecule has 11 heteroatoms. The van der Waals surface area contributed by atoms with E-state index in [1.54, 1.807) is 29.1 Å². The van der Waals surface area contributed by atoms with Crippen LogP contribution in [0.15, 0.2) is 47.9 Å². The lowest BCUT2D eigenvalue weighted by Gasteiger charge is -2.11. The molecule has 0 saturated heterocycles. The Hall–Kier alpha value is -2.98. The fourth-order valence-corrected chi connectivity index (χ4v) is 3.58. The maximum Gasteiger partial charge on any atom is 0.243 e. The molecule has 2 N–H and O–H groups in total. The van der Waals surface area contributed by atoms with Gasteiger partial charge in [-0.2, -0.15) is 0 Å². The van der Waals surface area contributed by atoms with Gasteiger partial charge >= 0.3 is 0 Å². The van der Waals surface area contributed by atoms with Crippen LogP contribution in [0.5, 0.6) is 0 Å². The summed E-state index contributed by atoms with van der Waals surface area (Å²) in [5.41, 5.74) is 1.15. The number of carbonyl (C=O) groups excluding carboxylic acids is 2. The lowest BCUT2D eigenvalue weighted by Crippen LogP contribution is -2.34. The van der Waals surface area contributed by atoms with E-state index >= 15 is 0 Å². The van der Waals surface area contributed by atoms with Crippen molar-refractivity contribution >= 4 is 40.9 Å². The number of anilines is 1. The van der Waals surface area contributed by atoms with Gasteiger partial charge in [-0.1, -0.05) is 29.4 Å². The average Bonchev–Trinajstić information content (AvgIpc) is 3.21. The van der Waals surface area contributed by atoms with Crippen LogP contribution in [0.3, 0.4) is 0 Å². The van der Waals surface area contributed by atoms with Crippen molar-refractivity contribution in [2.45, 2.75) is 12.1 Å². The summed E-state index contributed by atoms with van der Waals surface area (Å²) in [6.07, 6.45) is 3.33. The van der Waals surface area contributed by atoms with Crippen molar-refractivity contribution in [2.75, 3.05) is 17.6 Å². The molecule has 0 saturated carbocycles. The minimum atomic E-state index is -1.69. The average molecular weight is 469 g/mol. The van der Waals surface area contributed by atoms with Gasteiger partial charge in [0.25, 0.3) is 0 Å². The minimum absolute atomic E-state index is 0.0382. The molecule has 0 unspecified atom stereocenters. The van der Waals surface area contributed by atoms with Gasteiger partial charge in [0.1, 0.15) is 0 Å². The van der Waals surface area contributed by atoms with Gasteiger partial charge in [-0.25, -0.2) is 18.2 Å². The molecule has 0 bridgehead atoms. The molecule has 3 rings (SSSR count). The summed E-state index contributed by atoms with van der Waals surface area (Å²) in [4.78, 5) is 28.2. The summed E-state index contributed by atoms with van der Waals surface area (Å²) in [6.45, 7) is 1.40. The molecular formula is C20H16ClF3N4O2S. The normalized spacial score (nSPS) is 10.7. The van der Waals surface area contributed by atoms with E-state index in [1.165, 1.54) is 0 Å². The topological polar surface area (TPSA) is 76.0 Å². The molecule has 1 heterocycles. The summed E-state index contributed by atoms with van der Waals surface area (Å²) in [5.74, 6) is -5.87. The van der Waals surface area contributed by atoms with Crippen molar-refractivity contribution in [3.05, 3.63) is 70.8 Å². The van der Waals surface area contributed by atoms with Crippen molar-refractivity contribution in [1.82, 2.24) is 14.9 Å². The number of hydrogen-bond donors (Lipinski definition) is 2. The number of nitrogens with zero attached hydrogens (tertiary/aromatic N) is 2. The number of carbonyl (C=O) groups is 2. The molecule has 31 heavy (non-hydrogen) atoms. The largest absolute Gasteiger partial charge is 0.346 e. The van der Waals surface area contributed by atoms with Gasteiger partial charge < -0.3 is 10.6 Å². The Morgan fingerprint density at radius 3 is 2.68 bits per heavy atom. The van der Waals surface area contributed by atoms with E-state index in [9.17, 15) is 22.8 Å². The standard InChI is InChI=1S/C20H16ClF3N4O2S/c1-11-12(21)3-2-4-15(11)28-8-7-25-20(28)31-10-17(30)26-9-16(29)27-14-6-5-13(22)18(23)19(14)24/h2-8H,9-10H2,1H3,(H,26,30)(H,27,29). The second kappa shape index (κ2) is 9.88. The Balaban J connectivity index is 1.54. The number of rotatable bonds is 7. The summed E-state index contributed by atoms with van der Waals surface area (Å²) >= 11 is 7.31. The van der Waals surface area contributed by atoms with Gasteiger partial charge in [-0.15, -0.1) is 0 Å². The zero-order valence-electron chi connectivity index (χ0n) is 16.1. The molecule has 0 atom stereocenters. The summed E-state index contributed by atoms with van der Waals surface area (Å²) in [7, 11) is 0. The van der Waals surface area contributed by atoms with Gasteiger partial charge in [-0.05, 0) is 36.8 Å². The zero-order chi connectivity index (χ0) is 22.5. The fourth-order valence-electron chi connectivity index (χ4n) is 2.61. The number of amides is 2. The first-order chi connectivity index (χ1) is 14.8. The van der Waals surface area contributed by atoms with Crippen LogP contribution in [0.25, 0.3) is 5.69 Å². The maximum atomic E-state index is 13.6. The Bertz CT molecular complexity index is 1140. The summed E-state index contributed by atoms with van der Waals surface area (Å²) < 4.78 is 41.5. The van der Waals surface area contributed by atoms with Crippen LogP contribution in [0.4, 0.5) is 18.9 Å². The van der Waals surface area contributed by atoms with Crippen LogP contribution in [0, 0.1) is 24.4 Å². The van der Waals surface area contributed by atoms with Crippen LogP contribution < -0.4 is 10.6 Å². The van der Waals surface area contributed by atoms with Crippen molar-refractivity contribution in [2.24, 2.45) is 0 Å². The molecule has 0 aliphatic carbocycles. The molecule has 0 spiro atoms.